The molecule has 3 aromatic rings. The van der Waals surface area contributed by atoms with Crippen LogP contribution in [0.2, 0.25) is 0 Å². The van der Waals surface area contributed by atoms with Gasteiger partial charge in [-0.15, -0.1) is 5.10 Å². The lowest BCUT2D eigenvalue weighted by Gasteiger charge is -2.35. The summed E-state index contributed by atoms with van der Waals surface area (Å²) in [6.07, 6.45) is -4.03. The topological polar surface area (TPSA) is 78.3 Å². The van der Waals surface area contributed by atoms with E-state index in [4.69, 9.17) is 9.47 Å². The van der Waals surface area contributed by atoms with Crippen LogP contribution in [0.3, 0.4) is 0 Å². The van der Waals surface area contributed by atoms with Crippen molar-refractivity contribution in [2.24, 2.45) is 0 Å². The molecule has 0 saturated carbocycles. The summed E-state index contributed by atoms with van der Waals surface area (Å²) in [5, 5.41) is 6.70. The van der Waals surface area contributed by atoms with E-state index in [0.717, 1.165) is 10.2 Å². The van der Waals surface area contributed by atoms with Gasteiger partial charge >= 0.3 is 6.18 Å². The molecule has 34 heavy (non-hydrogen) atoms. The van der Waals surface area contributed by atoms with Crippen molar-refractivity contribution in [2.75, 3.05) is 19.5 Å². The third kappa shape index (κ3) is 3.78. The summed E-state index contributed by atoms with van der Waals surface area (Å²) in [7, 11) is 3.10. The van der Waals surface area contributed by atoms with Crippen LogP contribution in [0, 0.1) is 0 Å². The Morgan fingerprint density at radius 2 is 1.53 bits per heavy atom. The van der Waals surface area contributed by atoms with Gasteiger partial charge < -0.3 is 14.8 Å². The number of fused-ring (bicyclic) bond motifs is 1. The molecule has 2 aromatic carbocycles. The number of methoxy groups -OCH3 is 2. The van der Waals surface area contributed by atoms with E-state index < -0.39 is 18.0 Å². The summed E-state index contributed by atoms with van der Waals surface area (Å²) < 4.78 is 51.8. The van der Waals surface area contributed by atoms with Crippen LogP contribution in [0.4, 0.5) is 19.1 Å². The average Bonchev–Trinajstić information content (AvgIpc) is 3.27. The van der Waals surface area contributed by atoms with Gasteiger partial charge in [0.2, 0.25) is 5.95 Å². The van der Waals surface area contributed by atoms with Crippen LogP contribution in [0.15, 0.2) is 59.8 Å². The molecule has 5 rings (SSSR count). The second kappa shape index (κ2) is 8.19. The highest BCUT2D eigenvalue weighted by Crippen LogP contribution is 2.45. The lowest BCUT2D eigenvalue weighted by atomic mass is 9.78. The molecular weight excluding hydrogens is 449 g/mol. The van der Waals surface area contributed by atoms with Crippen molar-refractivity contribution in [1.82, 2.24) is 14.8 Å². The molecule has 176 valence electrons. The maximum atomic E-state index is 13.4. The fraction of sp³-hybridized carbons (Fsp3) is 0.292. The maximum absolute atomic E-state index is 13.4. The predicted octanol–water partition coefficient (Wildman–Crippen LogP) is 4.73. The summed E-state index contributed by atoms with van der Waals surface area (Å²) in [5.74, 6) is -0.282. The molecule has 0 radical (unpaired) electrons. The first kappa shape index (κ1) is 22.0. The molecule has 2 heterocycles. The van der Waals surface area contributed by atoms with Gasteiger partial charge in [-0.25, -0.2) is 4.68 Å². The van der Waals surface area contributed by atoms with Gasteiger partial charge in [0.1, 0.15) is 17.5 Å². The van der Waals surface area contributed by atoms with Gasteiger partial charge in [0.15, 0.2) is 5.78 Å². The first-order chi connectivity index (χ1) is 16.3. The quantitative estimate of drug-likeness (QED) is 0.594. The number of carbonyl (C=O) groups is 1. The van der Waals surface area contributed by atoms with E-state index in [1.807, 2.05) is 24.3 Å². The van der Waals surface area contributed by atoms with Gasteiger partial charge in [0.25, 0.3) is 5.82 Å². The Morgan fingerprint density at radius 3 is 2.09 bits per heavy atom. The lowest BCUT2D eigenvalue weighted by molar-refractivity contribution is -0.145. The van der Waals surface area contributed by atoms with Crippen molar-refractivity contribution in [2.45, 2.75) is 31.0 Å². The highest BCUT2D eigenvalue weighted by Gasteiger charge is 2.43. The SMILES string of the molecule is COc1ccc([C@@H]2CC(=O)C3=C(C2)Nc2nc(C(F)(F)F)nn2[C@H]3c2ccc(OC)cc2)cc1. The zero-order valence-corrected chi connectivity index (χ0v) is 18.4. The zero-order valence-electron chi connectivity index (χ0n) is 18.4. The first-order valence-corrected chi connectivity index (χ1v) is 10.6. The minimum atomic E-state index is -4.72. The molecule has 1 aliphatic heterocycles. The van der Waals surface area contributed by atoms with Crippen molar-refractivity contribution in [3.05, 3.63) is 76.8 Å². The standard InChI is InChI=1S/C24H21F3N4O3/c1-33-16-7-3-13(4-8-16)15-11-18-20(19(32)12-15)21(14-5-9-17(34-2)10-6-14)31-23(28-18)29-22(30-31)24(25,26)27/h3-10,15,21H,11-12H2,1-2H3,(H,28,29,30)/t15-,21-/m0/s1. The molecule has 0 bridgehead atoms. The Hall–Kier alpha value is -3.82. The van der Waals surface area contributed by atoms with Crippen molar-refractivity contribution >= 4 is 11.7 Å². The third-order valence-corrected chi connectivity index (χ3v) is 6.19. The van der Waals surface area contributed by atoms with Crippen LogP contribution in [0.1, 0.15) is 41.8 Å². The number of nitrogens with one attached hydrogen (secondary N) is 1. The van der Waals surface area contributed by atoms with E-state index in [1.165, 1.54) is 7.11 Å². The number of nitrogens with zero attached hydrogens (tertiary/aromatic N) is 3. The molecule has 2 atom stereocenters. The zero-order chi connectivity index (χ0) is 24.0. The van der Waals surface area contributed by atoms with Crippen molar-refractivity contribution in [3.8, 4) is 11.5 Å². The molecule has 1 aliphatic carbocycles. The van der Waals surface area contributed by atoms with Crippen LogP contribution in [0.25, 0.3) is 0 Å². The van der Waals surface area contributed by atoms with Gasteiger partial charge in [-0.3, -0.25) is 4.79 Å². The molecular formula is C24H21F3N4O3. The van der Waals surface area contributed by atoms with Gasteiger partial charge in [0, 0.05) is 17.7 Å². The number of benzene rings is 2. The number of hydrogen-bond acceptors (Lipinski definition) is 6. The number of Topliss-reactive ketones (excluding diaryl/α,β-unsaturated/α-hetero) is 1. The smallest absolute Gasteiger partial charge is 0.453 e. The van der Waals surface area contributed by atoms with E-state index in [-0.39, 0.29) is 24.1 Å². The highest BCUT2D eigenvalue weighted by molar-refractivity contribution is 6.00. The number of carbonyl (C=O) groups excluding carboxylic acids is 1. The predicted molar refractivity (Wildman–Crippen MR) is 117 cm³/mol. The summed E-state index contributed by atoms with van der Waals surface area (Å²) in [4.78, 5) is 17.1. The minimum Gasteiger partial charge on any atom is -0.497 e. The second-order valence-electron chi connectivity index (χ2n) is 8.20. The molecule has 10 heteroatoms. The number of anilines is 1. The van der Waals surface area contributed by atoms with Crippen LogP contribution in [0.5, 0.6) is 11.5 Å². The third-order valence-electron chi connectivity index (χ3n) is 6.19. The molecule has 0 unspecified atom stereocenters. The summed E-state index contributed by atoms with van der Waals surface area (Å²) in [6.45, 7) is 0. The van der Waals surface area contributed by atoms with E-state index in [0.29, 0.717) is 34.8 Å². The largest absolute Gasteiger partial charge is 0.497 e. The Balaban J connectivity index is 1.58. The second-order valence-corrected chi connectivity index (χ2v) is 8.20. The molecule has 0 spiro atoms. The lowest BCUT2D eigenvalue weighted by Crippen LogP contribution is -2.33. The number of allylic oxidation sites excluding steroid dienone is 2. The Labute approximate surface area is 193 Å². The molecule has 7 nitrogen and oxygen atoms in total. The fourth-order valence-electron chi connectivity index (χ4n) is 4.54. The van der Waals surface area contributed by atoms with Crippen molar-refractivity contribution < 1.29 is 27.4 Å². The average molecular weight is 470 g/mol. The molecule has 1 aromatic heterocycles. The summed E-state index contributed by atoms with van der Waals surface area (Å²) in [5.41, 5.74) is 2.53. The van der Waals surface area contributed by atoms with E-state index in [9.17, 15) is 18.0 Å². The van der Waals surface area contributed by atoms with Crippen molar-refractivity contribution in [1.29, 1.82) is 0 Å². The first-order valence-electron chi connectivity index (χ1n) is 10.6. The van der Waals surface area contributed by atoms with Crippen LogP contribution < -0.4 is 14.8 Å². The number of aromatic nitrogens is 3. The Kier molecular flexibility index (Phi) is 5.30. The highest BCUT2D eigenvalue weighted by atomic mass is 19.4. The Bertz CT molecular complexity index is 1260. The van der Waals surface area contributed by atoms with E-state index in [1.54, 1.807) is 31.4 Å². The van der Waals surface area contributed by atoms with Crippen LogP contribution in [-0.2, 0) is 11.0 Å². The van der Waals surface area contributed by atoms with E-state index in [2.05, 4.69) is 15.4 Å². The molecule has 0 saturated heterocycles. The van der Waals surface area contributed by atoms with Crippen molar-refractivity contribution in [3.63, 3.8) is 0 Å². The number of alkyl halides is 3. The van der Waals surface area contributed by atoms with Gasteiger partial charge in [-0.05, 0) is 47.7 Å². The maximum Gasteiger partial charge on any atom is 0.453 e. The van der Waals surface area contributed by atoms with E-state index >= 15 is 0 Å². The molecule has 0 fully saturated rings. The molecule has 2 aliphatic rings. The summed E-state index contributed by atoms with van der Waals surface area (Å²) in [6, 6.07) is 13.5. The van der Waals surface area contributed by atoms with Gasteiger partial charge in [-0.1, -0.05) is 24.3 Å². The summed E-state index contributed by atoms with van der Waals surface area (Å²) >= 11 is 0. The Morgan fingerprint density at radius 1 is 0.941 bits per heavy atom. The van der Waals surface area contributed by atoms with Gasteiger partial charge in [-0.2, -0.15) is 18.2 Å². The normalized spacial score (nSPS) is 19.9. The number of hydrogen-bond donors (Lipinski definition) is 1. The molecule has 0 amide bonds. The van der Waals surface area contributed by atoms with Crippen LogP contribution in [-0.4, -0.2) is 34.8 Å². The fourth-order valence-corrected chi connectivity index (χ4v) is 4.54. The number of halogens is 3. The minimum absolute atomic E-state index is 0.0462. The van der Waals surface area contributed by atoms with Crippen LogP contribution >= 0.6 is 0 Å². The number of ketones is 1. The monoisotopic (exact) mass is 470 g/mol. The van der Waals surface area contributed by atoms with Gasteiger partial charge in [0.05, 0.1) is 14.2 Å². The number of rotatable bonds is 4. The number of ether oxygens (including phenoxy) is 2. The molecule has 1 N–H and O–H groups in total.